The van der Waals surface area contributed by atoms with E-state index in [9.17, 15) is 9.18 Å². The number of hydrogen-bond acceptors (Lipinski definition) is 2. The maximum absolute atomic E-state index is 13.7. The van der Waals surface area contributed by atoms with E-state index in [0.29, 0.717) is 12.3 Å². The number of nitrogens with zero attached hydrogens (tertiary/aromatic N) is 2. The van der Waals surface area contributed by atoms with Gasteiger partial charge in [-0.05, 0) is 73.7 Å². The van der Waals surface area contributed by atoms with Crippen LogP contribution in [0.1, 0.15) is 36.3 Å². The number of para-hydroxylation sites is 1. The Labute approximate surface area is 170 Å². The zero-order valence-electron chi connectivity index (χ0n) is 16.5. The average Bonchev–Trinajstić information content (AvgIpc) is 3.16. The fraction of sp³-hybridized carbons (Fsp3) is 0.375. The number of likely N-dealkylation sites (tertiary alicyclic amines) is 1. The molecule has 0 aliphatic carbocycles. The third kappa shape index (κ3) is 3.55. The Morgan fingerprint density at radius 2 is 1.86 bits per heavy atom. The lowest BCUT2D eigenvalue weighted by molar-refractivity contribution is -0.119. The summed E-state index contributed by atoms with van der Waals surface area (Å²) in [5, 5.41) is 1.01. The highest BCUT2D eigenvalue weighted by atomic mass is 19.1. The lowest BCUT2D eigenvalue weighted by atomic mass is 9.89. The molecule has 1 N–H and O–H groups in total. The largest absolute Gasteiger partial charge is 0.361 e. The highest BCUT2D eigenvalue weighted by Crippen LogP contribution is 2.34. The van der Waals surface area contributed by atoms with Gasteiger partial charge in [0, 0.05) is 42.3 Å². The molecule has 0 saturated carbocycles. The van der Waals surface area contributed by atoms with Crippen molar-refractivity contribution in [3.8, 4) is 0 Å². The van der Waals surface area contributed by atoms with E-state index in [0.717, 1.165) is 62.0 Å². The Morgan fingerprint density at radius 3 is 2.72 bits per heavy atom. The van der Waals surface area contributed by atoms with Crippen molar-refractivity contribution in [2.45, 2.75) is 31.6 Å². The number of benzene rings is 2. The molecule has 1 saturated heterocycles. The highest BCUT2D eigenvalue weighted by molar-refractivity contribution is 5.96. The van der Waals surface area contributed by atoms with Gasteiger partial charge in [-0.15, -0.1) is 0 Å². The van der Waals surface area contributed by atoms with Crippen LogP contribution in [0.2, 0.25) is 0 Å². The van der Waals surface area contributed by atoms with E-state index in [4.69, 9.17) is 0 Å². The predicted octanol–water partition coefficient (Wildman–Crippen LogP) is 4.47. The van der Waals surface area contributed by atoms with Crippen molar-refractivity contribution in [3.63, 3.8) is 0 Å². The first-order valence-corrected chi connectivity index (χ1v) is 10.6. The van der Waals surface area contributed by atoms with Gasteiger partial charge in [0.05, 0.1) is 0 Å². The molecule has 0 bridgehead atoms. The van der Waals surface area contributed by atoms with Gasteiger partial charge in [0.25, 0.3) is 0 Å². The standard InChI is InChI=1S/C24H26FN3O/c25-19-6-7-22-20(15-19)21(16-26-22)17-9-11-27(12-10-17)13-14-28-23-4-2-1-3-18(23)5-8-24(28)29/h1-4,6-7,15-17,26H,5,8-14H2. The molecule has 5 heteroatoms. The van der Waals surface area contributed by atoms with Crippen molar-refractivity contribution in [2.75, 3.05) is 31.1 Å². The minimum atomic E-state index is -0.178. The molecule has 3 aromatic rings. The second-order valence-corrected chi connectivity index (χ2v) is 8.22. The number of rotatable bonds is 4. The minimum absolute atomic E-state index is 0.178. The second-order valence-electron chi connectivity index (χ2n) is 8.22. The molecule has 0 spiro atoms. The molecule has 2 aliphatic heterocycles. The minimum Gasteiger partial charge on any atom is -0.361 e. The zero-order chi connectivity index (χ0) is 19.8. The molecule has 2 aliphatic rings. The van der Waals surface area contributed by atoms with E-state index in [1.54, 1.807) is 6.07 Å². The van der Waals surface area contributed by atoms with Crippen LogP contribution in [-0.2, 0) is 11.2 Å². The quantitative estimate of drug-likeness (QED) is 0.713. The van der Waals surface area contributed by atoms with E-state index < -0.39 is 0 Å². The van der Waals surface area contributed by atoms with Gasteiger partial charge in [0.1, 0.15) is 5.82 Å². The summed E-state index contributed by atoms with van der Waals surface area (Å²) < 4.78 is 13.7. The first kappa shape index (κ1) is 18.4. The van der Waals surface area contributed by atoms with Crippen molar-refractivity contribution < 1.29 is 9.18 Å². The molecule has 0 atom stereocenters. The number of halogens is 1. The number of aromatic nitrogens is 1. The second kappa shape index (κ2) is 7.64. The number of carbonyl (C=O) groups is 1. The summed E-state index contributed by atoms with van der Waals surface area (Å²) in [6, 6.07) is 13.2. The summed E-state index contributed by atoms with van der Waals surface area (Å²) in [6.45, 7) is 3.67. The number of aryl methyl sites for hydroxylation is 1. The van der Waals surface area contributed by atoms with Crippen LogP contribution in [0.3, 0.4) is 0 Å². The van der Waals surface area contributed by atoms with Crippen molar-refractivity contribution in [1.82, 2.24) is 9.88 Å². The number of fused-ring (bicyclic) bond motifs is 2. The molecule has 150 valence electrons. The van der Waals surface area contributed by atoms with Crippen LogP contribution in [0.25, 0.3) is 10.9 Å². The number of carbonyl (C=O) groups excluding carboxylic acids is 1. The van der Waals surface area contributed by atoms with Crippen molar-refractivity contribution in [3.05, 3.63) is 65.6 Å². The molecule has 1 aromatic heterocycles. The van der Waals surface area contributed by atoms with Gasteiger partial charge in [0.2, 0.25) is 5.91 Å². The van der Waals surface area contributed by atoms with E-state index >= 15 is 0 Å². The average molecular weight is 391 g/mol. The van der Waals surface area contributed by atoms with Crippen LogP contribution < -0.4 is 4.90 Å². The summed E-state index contributed by atoms with van der Waals surface area (Å²) in [7, 11) is 0. The first-order valence-electron chi connectivity index (χ1n) is 10.6. The van der Waals surface area contributed by atoms with Crippen molar-refractivity contribution >= 4 is 22.5 Å². The van der Waals surface area contributed by atoms with E-state index in [2.05, 4.69) is 22.0 Å². The zero-order valence-corrected chi connectivity index (χ0v) is 16.5. The van der Waals surface area contributed by atoms with Gasteiger partial charge < -0.3 is 14.8 Å². The van der Waals surface area contributed by atoms with Crippen LogP contribution in [0.4, 0.5) is 10.1 Å². The van der Waals surface area contributed by atoms with Gasteiger partial charge in [-0.1, -0.05) is 18.2 Å². The number of hydrogen-bond donors (Lipinski definition) is 1. The summed E-state index contributed by atoms with van der Waals surface area (Å²) in [4.78, 5) is 20.2. The molecule has 2 aromatic carbocycles. The molecule has 0 unspecified atom stereocenters. The Balaban J connectivity index is 1.22. The predicted molar refractivity (Wildman–Crippen MR) is 114 cm³/mol. The summed E-state index contributed by atoms with van der Waals surface area (Å²) in [5.41, 5.74) is 4.60. The fourth-order valence-corrected chi connectivity index (χ4v) is 4.90. The SMILES string of the molecule is O=C1CCc2ccccc2N1CCN1CCC(c2c[nH]c3ccc(F)cc23)CC1. The van der Waals surface area contributed by atoms with Crippen LogP contribution in [-0.4, -0.2) is 42.0 Å². The molecule has 3 heterocycles. The summed E-state index contributed by atoms with van der Waals surface area (Å²) >= 11 is 0. The first-order chi connectivity index (χ1) is 14.2. The summed E-state index contributed by atoms with van der Waals surface area (Å²) in [6.07, 6.45) is 5.63. The monoisotopic (exact) mass is 391 g/mol. The van der Waals surface area contributed by atoms with Gasteiger partial charge in [-0.25, -0.2) is 4.39 Å². The fourth-order valence-electron chi connectivity index (χ4n) is 4.90. The molecule has 4 nitrogen and oxygen atoms in total. The Hall–Kier alpha value is -2.66. The van der Waals surface area contributed by atoms with E-state index in [1.807, 2.05) is 29.3 Å². The maximum atomic E-state index is 13.7. The summed E-state index contributed by atoms with van der Waals surface area (Å²) in [5.74, 6) is 0.515. The molecule has 1 fully saturated rings. The number of H-pyrrole nitrogens is 1. The third-order valence-electron chi connectivity index (χ3n) is 6.53. The van der Waals surface area contributed by atoms with Crippen LogP contribution in [0.5, 0.6) is 0 Å². The number of amides is 1. The number of nitrogens with one attached hydrogen (secondary N) is 1. The number of aromatic amines is 1. The molecule has 1 amide bonds. The van der Waals surface area contributed by atoms with E-state index in [-0.39, 0.29) is 11.7 Å². The van der Waals surface area contributed by atoms with Gasteiger partial charge in [0.15, 0.2) is 0 Å². The van der Waals surface area contributed by atoms with Crippen LogP contribution in [0, 0.1) is 5.82 Å². The van der Waals surface area contributed by atoms with Gasteiger partial charge in [-0.3, -0.25) is 4.79 Å². The topological polar surface area (TPSA) is 39.3 Å². The molecular formula is C24H26FN3O. The molecule has 0 radical (unpaired) electrons. The Bertz CT molecular complexity index is 1040. The third-order valence-corrected chi connectivity index (χ3v) is 6.53. The number of anilines is 1. The van der Waals surface area contributed by atoms with Crippen molar-refractivity contribution in [1.29, 1.82) is 0 Å². The van der Waals surface area contributed by atoms with Crippen LogP contribution in [0.15, 0.2) is 48.7 Å². The van der Waals surface area contributed by atoms with Gasteiger partial charge in [-0.2, -0.15) is 0 Å². The molecule has 5 rings (SSSR count). The Morgan fingerprint density at radius 1 is 1.03 bits per heavy atom. The number of piperidine rings is 1. The lowest BCUT2D eigenvalue weighted by Gasteiger charge is -2.35. The maximum Gasteiger partial charge on any atom is 0.227 e. The highest BCUT2D eigenvalue weighted by Gasteiger charge is 2.26. The molecule has 29 heavy (non-hydrogen) atoms. The normalized spacial score (nSPS) is 18.4. The van der Waals surface area contributed by atoms with Gasteiger partial charge >= 0.3 is 0 Å². The Kier molecular flexibility index (Phi) is 4.84. The van der Waals surface area contributed by atoms with Crippen LogP contribution >= 0.6 is 0 Å². The lowest BCUT2D eigenvalue weighted by Crippen LogP contribution is -2.43. The smallest absolute Gasteiger partial charge is 0.227 e. The van der Waals surface area contributed by atoms with E-state index in [1.165, 1.54) is 17.2 Å². The molecular weight excluding hydrogens is 365 g/mol. The van der Waals surface area contributed by atoms with Crippen molar-refractivity contribution in [2.24, 2.45) is 0 Å².